The lowest BCUT2D eigenvalue weighted by atomic mass is 10.4. The third-order valence-electron chi connectivity index (χ3n) is 0.288. The summed E-state index contributed by atoms with van der Waals surface area (Å²) in [6.45, 7) is 1.83. The van der Waals surface area contributed by atoms with Crippen LogP contribution in [-0.2, 0) is 0 Å². The van der Waals surface area contributed by atoms with E-state index in [2.05, 4.69) is 0 Å². The lowest BCUT2D eigenvalue weighted by molar-refractivity contribution is -0.742. The minimum atomic E-state index is -1.50. The molecule has 0 spiro atoms. The fourth-order valence-corrected chi connectivity index (χ4v) is 0. The molecule has 0 aliphatic rings. The van der Waals surface area contributed by atoms with E-state index in [-0.39, 0.29) is 12.6 Å². The minimum absolute atomic E-state index is 0.0602. The molecule has 6 heteroatoms. The summed E-state index contributed by atoms with van der Waals surface area (Å²) in [5.41, 5.74) is 5.04. The Kier molecular flexibility index (Phi) is 8.69. The molecule has 0 bridgehead atoms. The summed E-state index contributed by atoms with van der Waals surface area (Å²) in [6.07, 6.45) is 0. The van der Waals surface area contributed by atoms with Gasteiger partial charge in [0.05, 0.1) is 6.61 Å². The molecule has 0 saturated heterocycles. The molecule has 0 aliphatic carbocycles. The normalized spacial score (nSPS) is 11.0. The van der Waals surface area contributed by atoms with Crippen molar-refractivity contribution in [3.8, 4) is 0 Å². The van der Waals surface area contributed by atoms with E-state index in [0.717, 1.165) is 0 Å². The first-order chi connectivity index (χ1) is 4.00. The highest BCUT2D eigenvalue weighted by molar-refractivity contribution is 4.43. The molecule has 0 aromatic rings. The molecule has 0 aliphatic heterocycles. The first kappa shape index (κ1) is 11.0. The molecule has 6 nitrogen and oxygen atoms in total. The van der Waals surface area contributed by atoms with Crippen LogP contribution in [0, 0.1) is 10.1 Å². The van der Waals surface area contributed by atoms with Crippen molar-refractivity contribution in [1.82, 2.24) is 0 Å². The lowest BCUT2D eigenvalue weighted by Crippen LogP contribution is -2.18. The van der Waals surface area contributed by atoms with Crippen molar-refractivity contribution in [3.05, 3.63) is 10.1 Å². The molecule has 0 aromatic heterocycles. The van der Waals surface area contributed by atoms with Crippen LogP contribution in [-0.4, -0.2) is 28.0 Å². The quantitative estimate of drug-likeness (QED) is 0.317. The van der Waals surface area contributed by atoms with E-state index in [1.54, 1.807) is 6.92 Å². The molecule has 0 amide bonds. The summed E-state index contributed by atoms with van der Waals surface area (Å²) in [6, 6.07) is -0.0602. The smallest absolute Gasteiger partial charge is 0.291 e. The van der Waals surface area contributed by atoms with Crippen molar-refractivity contribution in [2.75, 3.05) is 6.61 Å². The summed E-state index contributed by atoms with van der Waals surface area (Å²) >= 11 is 0. The van der Waals surface area contributed by atoms with Crippen molar-refractivity contribution in [1.29, 1.82) is 0 Å². The van der Waals surface area contributed by atoms with Gasteiger partial charge < -0.3 is 16.0 Å². The van der Waals surface area contributed by atoms with Crippen LogP contribution in [0.1, 0.15) is 6.92 Å². The fourth-order valence-electron chi connectivity index (χ4n) is 0. The van der Waals surface area contributed by atoms with Gasteiger partial charge in [0.2, 0.25) is 0 Å². The Morgan fingerprint density at radius 1 is 1.89 bits per heavy atom. The molecule has 56 valence electrons. The number of nitrogens with zero attached hydrogens (tertiary/aromatic N) is 1. The monoisotopic (exact) mass is 138 g/mol. The summed E-state index contributed by atoms with van der Waals surface area (Å²) in [5.74, 6) is 0. The van der Waals surface area contributed by atoms with Gasteiger partial charge in [0, 0.05) is 6.04 Å². The molecular formula is C3H10N2O4. The van der Waals surface area contributed by atoms with Crippen LogP contribution in [0.5, 0.6) is 0 Å². The van der Waals surface area contributed by atoms with Crippen LogP contribution in [0.4, 0.5) is 0 Å². The van der Waals surface area contributed by atoms with Gasteiger partial charge in [-0.15, -0.1) is 10.1 Å². The molecule has 0 radical (unpaired) electrons. The first-order valence-corrected chi connectivity index (χ1v) is 2.20. The van der Waals surface area contributed by atoms with E-state index in [0.29, 0.717) is 0 Å². The molecule has 0 heterocycles. The number of rotatable bonds is 1. The van der Waals surface area contributed by atoms with Gasteiger partial charge in [0.1, 0.15) is 0 Å². The Hall–Kier alpha value is -0.880. The molecule has 0 fully saturated rings. The molecule has 1 atom stereocenters. The average molecular weight is 138 g/mol. The second-order valence-corrected chi connectivity index (χ2v) is 1.40. The topological polar surface area (TPSA) is 110 Å². The number of nitrogens with two attached hydrogens (primary N) is 1. The molecule has 1 unspecified atom stereocenters. The summed E-state index contributed by atoms with van der Waals surface area (Å²) in [7, 11) is 0. The zero-order valence-corrected chi connectivity index (χ0v) is 5.02. The summed E-state index contributed by atoms with van der Waals surface area (Å²) < 4.78 is 0. The number of hydrogen-bond donors (Lipinski definition) is 3. The van der Waals surface area contributed by atoms with Crippen molar-refractivity contribution < 1.29 is 15.4 Å². The fraction of sp³-hybridized carbons (Fsp3) is 1.00. The molecule has 0 rings (SSSR count). The van der Waals surface area contributed by atoms with Gasteiger partial charge in [0.15, 0.2) is 0 Å². The third-order valence-corrected chi connectivity index (χ3v) is 0.288. The Balaban J connectivity index is 0. The highest BCUT2D eigenvalue weighted by Gasteiger charge is 1.81. The maximum Gasteiger partial charge on any atom is 0.291 e. The van der Waals surface area contributed by atoms with Crippen LogP contribution in [0.2, 0.25) is 0 Å². The molecule has 4 N–H and O–H groups in total. The third kappa shape index (κ3) is 149. The molecular weight excluding hydrogens is 128 g/mol. The first-order valence-electron chi connectivity index (χ1n) is 2.20. The van der Waals surface area contributed by atoms with Crippen LogP contribution >= 0.6 is 0 Å². The lowest BCUT2D eigenvalue weighted by Gasteiger charge is -1.91. The Morgan fingerprint density at radius 2 is 2.00 bits per heavy atom. The van der Waals surface area contributed by atoms with Gasteiger partial charge in [0.25, 0.3) is 5.09 Å². The van der Waals surface area contributed by atoms with E-state index in [4.69, 9.17) is 26.2 Å². The van der Waals surface area contributed by atoms with Gasteiger partial charge in [-0.2, -0.15) is 0 Å². The maximum absolute atomic E-state index is 8.36. The van der Waals surface area contributed by atoms with E-state index in [1.807, 2.05) is 0 Å². The zero-order valence-electron chi connectivity index (χ0n) is 5.02. The second kappa shape index (κ2) is 7.12. The van der Waals surface area contributed by atoms with Crippen LogP contribution in [0.15, 0.2) is 0 Å². The highest BCUT2D eigenvalue weighted by atomic mass is 16.9. The van der Waals surface area contributed by atoms with Crippen LogP contribution < -0.4 is 5.73 Å². The maximum atomic E-state index is 8.36. The average Bonchev–Trinajstić information content (AvgIpc) is 1.65. The summed E-state index contributed by atoms with van der Waals surface area (Å²) in [5, 5.41) is 21.7. The van der Waals surface area contributed by atoms with Gasteiger partial charge in [-0.25, -0.2) is 0 Å². The SMILES string of the molecule is CC(N)CO.O=[N+]([O-])O. The zero-order chi connectivity index (χ0) is 7.86. The van der Waals surface area contributed by atoms with E-state index in [1.165, 1.54) is 0 Å². The predicted molar refractivity (Wildman–Crippen MR) is 29.5 cm³/mol. The number of hydrogen-bond acceptors (Lipinski definition) is 4. The Morgan fingerprint density at radius 3 is 2.00 bits per heavy atom. The standard InChI is InChI=1S/C3H9NO.HNO3/c1-3(4)2-5;2-1(3)4/h3,5H,2,4H2,1H3;(H,2,3,4). The van der Waals surface area contributed by atoms with Gasteiger partial charge >= 0.3 is 0 Å². The van der Waals surface area contributed by atoms with Crippen LogP contribution in [0.25, 0.3) is 0 Å². The van der Waals surface area contributed by atoms with Crippen molar-refractivity contribution in [3.63, 3.8) is 0 Å². The van der Waals surface area contributed by atoms with Crippen molar-refractivity contribution >= 4 is 0 Å². The number of aliphatic hydroxyl groups excluding tert-OH is 1. The van der Waals surface area contributed by atoms with E-state index in [9.17, 15) is 0 Å². The predicted octanol–water partition coefficient (Wildman–Crippen LogP) is -1.02. The van der Waals surface area contributed by atoms with Gasteiger partial charge in [-0.3, -0.25) is 0 Å². The van der Waals surface area contributed by atoms with Gasteiger partial charge in [-0.1, -0.05) is 0 Å². The van der Waals surface area contributed by atoms with Crippen molar-refractivity contribution in [2.45, 2.75) is 13.0 Å². The Bertz CT molecular complexity index is 70.2. The minimum Gasteiger partial charge on any atom is -0.395 e. The summed E-state index contributed by atoms with van der Waals surface area (Å²) in [4.78, 5) is 8.36. The van der Waals surface area contributed by atoms with Crippen molar-refractivity contribution in [2.24, 2.45) is 5.73 Å². The molecule has 0 saturated carbocycles. The van der Waals surface area contributed by atoms with E-state index >= 15 is 0 Å². The van der Waals surface area contributed by atoms with Gasteiger partial charge in [-0.05, 0) is 6.92 Å². The second-order valence-electron chi connectivity index (χ2n) is 1.40. The largest absolute Gasteiger partial charge is 0.395 e. The number of aliphatic hydroxyl groups is 1. The molecule has 9 heavy (non-hydrogen) atoms. The highest BCUT2D eigenvalue weighted by Crippen LogP contribution is 1.62. The van der Waals surface area contributed by atoms with Crippen LogP contribution in [0.3, 0.4) is 0 Å². The Labute approximate surface area is 52.0 Å². The van der Waals surface area contributed by atoms with E-state index < -0.39 is 5.09 Å². The molecule has 0 aromatic carbocycles.